The van der Waals surface area contributed by atoms with Gasteiger partial charge in [0.1, 0.15) is 5.75 Å². The van der Waals surface area contributed by atoms with Gasteiger partial charge in [-0.05, 0) is 43.4 Å². The molecule has 0 spiro atoms. The monoisotopic (exact) mass is 256 g/mol. The molecule has 0 aliphatic heterocycles. The second-order valence-corrected chi connectivity index (χ2v) is 4.35. The van der Waals surface area contributed by atoms with Crippen molar-refractivity contribution in [2.75, 3.05) is 12.4 Å². The van der Waals surface area contributed by atoms with Crippen molar-refractivity contribution in [2.45, 2.75) is 26.7 Å². The maximum absolute atomic E-state index is 5.33. The Balaban J connectivity index is 2.90. The zero-order chi connectivity index (χ0) is 10.6. The van der Waals surface area contributed by atoms with Crippen molar-refractivity contribution in [3.63, 3.8) is 0 Å². The van der Waals surface area contributed by atoms with Crippen LogP contribution >= 0.6 is 15.9 Å². The van der Waals surface area contributed by atoms with Gasteiger partial charge in [0.2, 0.25) is 0 Å². The summed E-state index contributed by atoms with van der Waals surface area (Å²) in [5.41, 5.74) is 3.87. The number of methoxy groups -OCH3 is 1. The summed E-state index contributed by atoms with van der Waals surface area (Å²) in [5.74, 6) is 1.02. The van der Waals surface area contributed by atoms with E-state index < -0.39 is 0 Å². The molecule has 0 aliphatic rings. The number of hydrogen-bond acceptors (Lipinski definition) is 1. The standard InChI is InChI=1S/C12H17BrO/c1-9-7-11(5-4-6-13)8-10(2)12(9)14-3/h7-8H,4-6H2,1-3H3. The van der Waals surface area contributed by atoms with E-state index in [1.807, 2.05) is 0 Å². The molecule has 0 aromatic heterocycles. The van der Waals surface area contributed by atoms with Gasteiger partial charge in [-0.15, -0.1) is 0 Å². The summed E-state index contributed by atoms with van der Waals surface area (Å²) < 4.78 is 5.33. The molecule has 0 radical (unpaired) electrons. The zero-order valence-electron chi connectivity index (χ0n) is 9.06. The van der Waals surface area contributed by atoms with Crippen LogP contribution in [0.4, 0.5) is 0 Å². The van der Waals surface area contributed by atoms with E-state index in [0.717, 1.165) is 17.5 Å². The summed E-state index contributed by atoms with van der Waals surface area (Å²) in [5, 5.41) is 1.07. The third-order valence-electron chi connectivity index (χ3n) is 2.32. The molecule has 1 rings (SSSR count). The van der Waals surface area contributed by atoms with Gasteiger partial charge in [-0.1, -0.05) is 28.1 Å². The summed E-state index contributed by atoms with van der Waals surface area (Å²) >= 11 is 3.45. The lowest BCUT2D eigenvalue weighted by atomic mass is 10.0. The molecule has 0 atom stereocenters. The number of aryl methyl sites for hydroxylation is 3. The first-order chi connectivity index (χ1) is 6.69. The molecule has 0 aliphatic carbocycles. The van der Waals surface area contributed by atoms with Crippen molar-refractivity contribution in [1.82, 2.24) is 0 Å². The highest BCUT2D eigenvalue weighted by atomic mass is 79.9. The van der Waals surface area contributed by atoms with Gasteiger partial charge in [-0.25, -0.2) is 0 Å². The topological polar surface area (TPSA) is 9.23 Å². The lowest BCUT2D eigenvalue weighted by molar-refractivity contribution is 0.408. The molecular formula is C12H17BrO. The maximum atomic E-state index is 5.33. The molecular weight excluding hydrogens is 240 g/mol. The van der Waals surface area contributed by atoms with E-state index in [0.29, 0.717) is 0 Å². The van der Waals surface area contributed by atoms with Crippen molar-refractivity contribution < 1.29 is 4.74 Å². The lowest BCUT2D eigenvalue weighted by Gasteiger charge is -2.10. The Bertz CT molecular complexity index is 284. The van der Waals surface area contributed by atoms with Gasteiger partial charge in [0.15, 0.2) is 0 Å². The Morgan fingerprint density at radius 2 is 1.79 bits per heavy atom. The van der Waals surface area contributed by atoms with Crippen LogP contribution in [0.2, 0.25) is 0 Å². The largest absolute Gasteiger partial charge is 0.496 e. The van der Waals surface area contributed by atoms with Crippen molar-refractivity contribution in [2.24, 2.45) is 0 Å². The molecule has 0 fully saturated rings. The summed E-state index contributed by atoms with van der Waals surface area (Å²) in [6, 6.07) is 4.43. The first-order valence-electron chi connectivity index (χ1n) is 4.89. The molecule has 78 valence electrons. The fourth-order valence-corrected chi connectivity index (χ4v) is 2.06. The summed E-state index contributed by atoms with van der Waals surface area (Å²) in [6.45, 7) is 4.20. The van der Waals surface area contributed by atoms with Crippen LogP contribution < -0.4 is 4.74 Å². The average Bonchev–Trinajstić information content (AvgIpc) is 2.14. The van der Waals surface area contributed by atoms with Crippen LogP contribution in [-0.4, -0.2) is 12.4 Å². The molecule has 14 heavy (non-hydrogen) atoms. The number of halogens is 1. The summed E-state index contributed by atoms with van der Waals surface area (Å²) in [7, 11) is 1.73. The minimum atomic E-state index is 1.02. The van der Waals surface area contributed by atoms with Gasteiger partial charge in [-0.2, -0.15) is 0 Å². The molecule has 1 aromatic carbocycles. The van der Waals surface area contributed by atoms with Crippen molar-refractivity contribution >= 4 is 15.9 Å². The fourth-order valence-electron chi connectivity index (χ4n) is 1.78. The zero-order valence-corrected chi connectivity index (χ0v) is 10.6. The Kier molecular flexibility index (Phi) is 4.46. The van der Waals surface area contributed by atoms with Crippen LogP contribution in [0, 0.1) is 13.8 Å². The molecule has 0 saturated carbocycles. The van der Waals surface area contributed by atoms with E-state index in [-0.39, 0.29) is 0 Å². The van der Waals surface area contributed by atoms with E-state index in [1.165, 1.54) is 23.1 Å². The first kappa shape index (κ1) is 11.6. The molecule has 0 heterocycles. The highest BCUT2D eigenvalue weighted by Gasteiger charge is 2.04. The lowest BCUT2D eigenvalue weighted by Crippen LogP contribution is -1.94. The fraction of sp³-hybridized carbons (Fsp3) is 0.500. The van der Waals surface area contributed by atoms with E-state index in [9.17, 15) is 0 Å². The molecule has 1 nitrogen and oxygen atoms in total. The minimum Gasteiger partial charge on any atom is -0.496 e. The van der Waals surface area contributed by atoms with Crippen LogP contribution in [0.25, 0.3) is 0 Å². The van der Waals surface area contributed by atoms with Crippen LogP contribution in [0.1, 0.15) is 23.1 Å². The quantitative estimate of drug-likeness (QED) is 0.748. The van der Waals surface area contributed by atoms with Gasteiger partial charge in [-0.3, -0.25) is 0 Å². The normalized spacial score (nSPS) is 10.3. The number of benzene rings is 1. The van der Waals surface area contributed by atoms with Crippen molar-refractivity contribution in [3.8, 4) is 5.75 Å². The second kappa shape index (κ2) is 5.40. The maximum Gasteiger partial charge on any atom is 0.124 e. The first-order valence-corrected chi connectivity index (χ1v) is 6.01. The minimum absolute atomic E-state index is 1.02. The molecule has 0 saturated heterocycles. The predicted molar refractivity (Wildman–Crippen MR) is 64.6 cm³/mol. The Morgan fingerprint density at radius 3 is 2.21 bits per heavy atom. The average molecular weight is 257 g/mol. The van der Waals surface area contributed by atoms with Gasteiger partial charge in [0.05, 0.1) is 7.11 Å². The van der Waals surface area contributed by atoms with Gasteiger partial charge in [0.25, 0.3) is 0 Å². The van der Waals surface area contributed by atoms with Crippen molar-refractivity contribution in [3.05, 3.63) is 28.8 Å². The molecule has 2 heteroatoms. The Hall–Kier alpha value is -0.500. The van der Waals surface area contributed by atoms with Crippen molar-refractivity contribution in [1.29, 1.82) is 0 Å². The highest BCUT2D eigenvalue weighted by molar-refractivity contribution is 9.09. The van der Waals surface area contributed by atoms with Gasteiger partial charge >= 0.3 is 0 Å². The number of alkyl halides is 1. The number of rotatable bonds is 4. The number of hydrogen-bond donors (Lipinski definition) is 0. The Morgan fingerprint density at radius 1 is 1.21 bits per heavy atom. The summed E-state index contributed by atoms with van der Waals surface area (Å²) in [6.07, 6.45) is 2.32. The van der Waals surface area contributed by atoms with Crippen LogP contribution in [0.3, 0.4) is 0 Å². The smallest absolute Gasteiger partial charge is 0.124 e. The van der Waals surface area contributed by atoms with Gasteiger partial charge in [0, 0.05) is 5.33 Å². The van der Waals surface area contributed by atoms with Crippen LogP contribution in [0.15, 0.2) is 12.1 Å². The van der Waals surface area contributed by atoms with Gasteiger partial charge < -0.3 is 4.74 Å². The third-order valence-corrected chi connectivity index (χ3v) is 2.88. The van der Waals surface area contributed by atoms with Crippen LogP contribution in [-0.2, 0) is 6.42 Å². The molecule has 0 bridgehead atoms. The van der Waals surface area contributed by atoms with E-state index in [2.05, 4.69) is 41.9 Å². The third kappa shape index (κ3) is 2.74. The Labute approximate surface area is 94.6 Å². The highest BCUT2D eigenvalue weighted by Crippen LogP contribution is 2.24. The predicted octanol–water partition coefficient (Wildman–Crippen LogP) is 3.64. The summed E-state index contributed by atoms with van der Waals surface area (Å²) in [4.78, 5) is 0. The second-order valence-electron chi connectivity index (χ2n) is 3.56. The molecule has 1 aromatic rings. The molecule has 0 N–H and O–H groups in total. The number of ether oxygens (including phenoxy) is 1. The van der Waals surface area contributed by atoms with Crippen LogP contribution in [0.5, 0.6) is 5.75 Å². The van der Waals surface area contributed by atoms with E-state index in [1.54, 1.807) is 7.11 Å². The molecule has 0 unspecified atom stereocenters. The molecule has 0 amide bonds. The van der Waals surface area contributed by atoms with E-state index in [4.69, 9.17) is 4.74 Å². The SMILES string of the molecule is COc1c(C)cc(CCCBr)cc1C. The van der Waals surface area contributed by atoms with E-state index >= 15 is 0 Å².